The Balaban J connectivity index is 1.76. The molecule has 4 atom stereocenters. The first-order chi connectivity index (χ1) is 12.0. The fourth-order valence-corrected chi connectivity index (χ4v) is 3.60. The van der Waals surface area contributed by atoms with Gasteiger partial charge in [-0.2, -0.15) is 0 Å². The molecule has 0 aromatic carbocycles. The Morgan fingerprint density at radius 1 is 1.36 bits per heavy atom. The highest BCUT2D eigenvalue weighted by molar-refractivity contribution is 5.86. The van der Waals surface area contributed by atoms with Gasteiger partial charge < -0.3 is 25.0 Å². The molecule has 1 fully saturated rings. The van der Waals surface area contributed by atoms with Crippen LogP contribution in [0.15, 0.2) is 30.7 Å². The number of fused-ring (bicyclic) bond motifs is 1. The van der Waals surface area contributed by atoms with Crippen LogP contribution in [-0.2, 0) is 4.74 Å². The van der Waals surface area contributed by atoms with Gasteiger partial charge in [0.25, 0.3) is 0 Å². The first-order valence-electron chi connectivity index (χ1n) is 8.42. The number of imidazole rings is 1. The number of hydrogen-bond acceptors (Lipinski definition) is 7. The van der Waals surface area contributed by atoms with E-state index in [0.29, 0.717) is 5.65 Å². The van der Waals surface area contributed by atoms with E-state index in [2.05, 4.69) is 27.0 Å². The van der Waals surface area contributed by atoms with Gasteiger partial charge in [0.05, 0.1) is 18.6 Å². The molecular weight excluding hydrogens is 324 g/mol. The lowest BCUT2D eigenvalue weighted by Crippen LogP contribution is -2.44. The Kier molecular flexibility index (Phi) is 3.99. The number of aliphatic hydroxyl groups excluding tert-OH is 2. The van der Waals surface area contributed by atoms with Gasteiger partial charge in [-0.25, -0.2) is 9.97 Å². The first kappa shape index (κ1) is 16.5. The van der Waals surface area contributed by atoms with Gasteiger partial charge in [-0.15, -0.1) is 0 Å². The van der Waals surface area contributed by atoms with Crippen molar-refractivity contribution in [1.82, 2.24) is 14.5 Å². The number of aliphatic hydroxyl groups is 3. The second-order valence-corrected chi connectivity index (χ2v) is 6.74. The predicted octanol–water partition coefficient (Wildman–Crippen LogP) is 0.199. The molecule has 0 spiro atoms. The molecule has 8 nitrogen and oxygen atoms in total. The molecule has 0 saturated carbocycles. The maximum atomic E-state index is 10.7. The Morgan fingerprint density at radius 3 is 2.88 bits per heavy atom. The summed E-state index contributed by atoms with van der Waals surface area (Å²) in [6.45, 7) is 2.84. The van der Waals surface area contributed by atoms with E-state index >= 15 is 0 Å². The van der Waals surface area contributed by atoms with E-state index in [4.69, 9.17) is 4.74 Å². The summed E-state index contributed by atoms with van der Waals surface area (Å²) in [5, 5.41) is 30.3. The van der Waals surface area contributed by atoms with Crippen LogP contribution in [-0.4, -0.2) is 67.4 Å². The molecule has 3 N–H and O–H groups in total. The Morgan fingerprint density at radius 2 is 2.20 bits per heavy atom. The molecule has 134 valence electrons. The summed E-state index contributed by atoms with van der Waals surface area (Å²) < 4.78 is 7.31. The zero-order valence-corrected chi connectivity index (χ0v) is 14.0. The van der Waals surface area contributed by atoms with Crippen LogP contribution in [0.1, 0.15) is 19.6 Å². The lowest BCUT2D eigenvalue weighted by atomic mass is 9.96. The summed E-state index contributed by atoms with van der Waals surface area (Å²) in [6.07, 6.45) is 5.60. The van der Waals surface area contributed by atoms with Gasteiger partial charge >= 0.3 is 0 Å². The van der Waals surface area contributed by atoms with Gasteiger partial charge in [-0.05, 0) is 19.4 Å². The van der Waals surface area contributed by atoms with Gasteiger partial charge in [0.15, 0.2) is 11.9 Å². The molecule has 4 heterocycles. The van der Waals surface area contributed by atoms with Crippen molar-refractivity contribution in [3.63, 3.8) is 0 Å². The quantitative estimate of drug-likeness (QED) is 0.682. The van der Waals surface area contributed by atoms with Crippen LogP contribution in [0.4, 0.5) is 5.69 Å². The minimum atomic E-state index is -1.56. The number of ether oxygens (including phenoxy) is 1. The van der Waals surface area contributed by atoms with Crippen LogP contribution in [0.2, 0.25) is 0 Å². The van der Waals surface area contributed by atoms with E-state index in [1.165, 1.54) is 6.92 Å². The molecule has 2 aliphatic rings. The molecule has 0 aliphatic carbocycles. The monoisotopic (exact) mass is 346 g/mol. The average molecular weight is 346 g/mol. The minimum Gasteiger partial charge on any atom is -0.394 e. The van der Waals surface area contributed by atoms with Crippen molar-refractivity contribution >= 4 is 16.9 Å². The normalized spacial score (nSPS) is 32.6. The summed E-state index contributed by atoms with van der Waals surface area (Å²) in [5.74, 6) is 0. The Labute approximate surface area is 145 Å². The van der Waals surface area contributed by atoms with E-state index in [1.54, 1.807) is 17.1 Å². The number of aromatic nitrogens is 3. The van der Waals surface area contributed by atoms with Crippen molar-refractivity contribution < 1.29 is 20.1 Å². The molecule has 8 heteroatoms. The van der Waals surface area contributed by atoms with Gasteiger partial charge in [0.1, 0.15) is 23.3 Å². The van der Waals surface area contributed by atoms with Crippen LogP contribution in [0.3, 0.4) is 0 Å². The Bertz CT molecular complexity index is 803. The topological polar surface area (TPSA) is 104 Å². The number of hydrogen-bond donors (Lipinski definition) is 3. The SMILES string of the molecule is C[C@@]1(O)[C@H](O)[C@@H](CO)O[C@H]1n1cnc2c(N3CC=CCC3)ccnc21. The zero-order valence-electron chi connectivity index (χ0n) is 14.0. The third-order valence-electron chi connectivity index (χ3n) is 5.03. The highest BCUT2D eigenvalue weighted by Gasteiger charge is 2.53. The molecule has 4 rings (SSSR count). The molecule has 25 heavy (non-hydrogen) atoms. The molecule has 0 unspecified atom stereocenters. The van der Waals surface area contributed by atoms with Crippen molar-refractivity contribution in [1.29, 1.82) is 0 Å². The largest absolute Gasteiger partial charge is 0.394 e. The van der Waals surface area contributed by atoms with Crippen LogP contribution in [0.5, 0.6) is 0 Å². The summed E-state index contributed by atoms with van der Waals surface area (Å²) >= 11 is 0. The maximum Gasteiger partial charge on any atom is 0.168 e. The fourth-order valence-electron chi connectivity index (χ4n) is 3.60. The van der Waals surface area contributed by atoms with E-state index in [9.17, 15) is 15.3 Å². The fraction of sp³-hybridized carbons (Fsp3) is 0.529. The highest BCUT2D eigenvalue weighted by atomic mass is 16.6. The lowest BCUT2D eigenvalue weighted by molar-refractivity contribution is -0.0950. The van der Waals surface area contributed by atoms with E-state index in [0.717, 1.165) is 30.7 Å². The molecule has 0 amide bonds. The summed E-state index contributed by atoms with van der Waals surface area (Å²) in [4.78, 5) is 11.1. The number of nitrogens with zero attached hydrogens (tertiary/aromatic N) is 4. The summed E-state index contributed by atoms with van der Waals surface area (Å²) in [6, 6.07) is 1.93. The molecule has 2 aliphatic heterocycles. The standard InChI is InChI=1S/C17H22N4O4/c1-17(24)14(23)12(9-22)25-16(17)21-10-19-13-11(5-6-18-15(13)21)20-7-3-2-4-8-20/h2-3,5-6,10,12,14,16,22-24H,4,7-9H2,1H3/t12-,14-,16-,17-/m1/s1. The number of pyridine rings is 1. The summed E-state index contributed by atoms with van der Waals surface area (Å²) in [7, 11) is 0. The van der Waals surface area contributed by atoms with Gasteiger partial charge in [0, 0.05) is 19.3 Å². The highest BCUT2D eigenvalue weighted by Crippen LogP contribution is 2.40. The molecular formula is C17H22N4O4. The van der Waals surface area contributed by atoms with Crippen LogP contribution < -0.4 is 4.90 Å². The summed E-state index contributed by atoms with van der Waals surface area (Å²) in [5.41, 5.74) is 0.708. The molecule has 2 aromatic heterocycles. The third-order valence-corrected chi connectivity index (χ3v) is 5.03. The van der Waals surface area contributed by atoms with Crippen molar-refractivity contribution in [3.05, 3.63) is 30.7 Å². The van der Waals surface area contributed by atoms with Crippen LogP contribution in [0, 0.1) is 0 Å². The van der Waals surface area contributed by atoms with Crippen molar-refractivity contribution in [3.8, 4) is 0 Å². The smallest absolute Gasteiger partial charge is 0.168 e. The van der Waals surface area contributed by atoms with Crippen LogP contribution in [0.25, 0.3) is 11.2 Å². The average Bonchev–Trinajstić information content (AvgIpc) is 3.15. The van der Waals surface area contributed by atoms with Crippen molar-refractivity contribution in [2.75, 3.05) is 24.6 Å². The molecule has 2 aromatic rings. The maximum absolute atomic E-state index is 10.7. The van der Waals surface area contributed by atoms with Gasteiger partial charge in [0.2, 0.25) is 0 Å². The van der Waals surface area contributed by atoms with E-state index in [1.807, 2.05) is 6.07 Å². The minimum absolute atomic E-state index is 0.376. The number of rotatable bonds is 3. The molecule has 0 bridgehead atoms. The van der Waals surface area contributed by atoms with Crippen molar-refractivity contribution in [2.24, 2.45) is 0 Å². The van der Waals surface area contributed by atoms with Gasteiger partial charge in [-0.3, -0.25) is 4.57 Å². The van der Waals surface area contributed by atoms with Gasteiger partial charge in [-0.1, -0.05) is 12.2 Å². The molecule has 0 radical (unpaired) electrons. The second kappa shape index (κ2) is 6.06. The second-order valence-electron chi connectivity index (χ2n) is 6.74. The zero-order chi connectivity index (χ0) is 17.6. The lowest BCUT2D eigenvalue weighted by Gasteiger charge is -2.28. The van der Waals surface area contributed by atoms with E-state index in [-0.39, 0.29) is 6.61 Å². The van der Waals surface area contributed by atoms with E-state index < -0.39 is 24.0 Å². The third kappa shape index (κ3) is 2.53. The van der Waals surface area contributed by atoms with Crippen LogP contribution >= 0.6 is 0 Å². The Hall–Kier alpha value is -2.00. The number of anilines is 1. The molecule has 1 saturated heterocycles. The predicted molar refractivity (Wildman–Crippen MR) is 91.1 cm³/mol. The van der Waals surface area contributed by atoms with Crippen molar-refractivity contribution in [2.45, 2.75) is 37.4 Å². The first-order valence-corrected chi connectivity index (χ1v) is 8.42.